The number of rotatable bonds is 5. The van der Waals surface area contributed by atoms with E-state index in [1.807, 2.05) is 0 Å². The van der Waals surface area contributed by atoms with Gasteiger partial charge in [-0.3, -0.25) is 4.79 Å². The van der Waals surface area contributed by atoms with Crippen molar-refractivity contribution < 1.29 is 23.1 Å². The molecule has 2 atom stereocenters. The van der Waals surface area contributed by atoms with Gasteiger partial charge in [0.15, 0.2) is 0 Å². The molecule has 1 aliphatic carbocycles. The average molecular weight is 398 g/mol. The molecule has 1 heterocycles. The number of fused-ring (bicyclic) bond motifs is 1. The molecule has 0 aromatic heterocycles. The molecule has 3 rings (SSSR count). The van der Waals surface area contributed by atoms with Crippen molar-refractivity contribution >= 4 is 5.91 Å². The Kier molecular flexibility index (Phi) is 6.65. The minimum Gasteiger partial charge on any atom is -0.392 e. The predicted octanol–water partition coefficient (Wildman–Crippen LogP) is 3.68. The van der Waals surface area contributed by atoms with Gasteiger partial charge in [0.1, 0.15) is 0 Å². The summed E-state index contributed by atoms with van der Waals surface area (Å²) < 4.78 is 39.9. The van der Waals surface area contributed by atoms with E-state index in [2.05, 4.69) is 5.32 Å². The van der Waals surface area contributed by atoms with Crippen LogP contribution in [0.2, 0.25) is 0 Å². The number of aliphatic hydroxyl groups is 1. The van der Waals surface area contributed by atoms with Crippen molar-refractivity contribution in [2.24, 2.45) is 5.92 Å². The molecule has 0 bridgehead atoms. The predicted molar refractivity (Wildman–Crippen MR) is 101 cm³/mol. The van der Waals surface area contributed by atoms with Gasteiger partial charge in [0, 0.05) is 13.1 Å². The molecule has 1 aliphatic heterocycles. The maximum absolute atomic E-state index is 13.3. The van der Waals surface area contributed by atoms with E-state index in [1.165, 1.54) is 6.07 Å². The van der Waals surface area contributed by atoms with Crippen LogP contribution in [0.15, 0.2) is 18.2 Å². The number of halogens is 3. The van der Waals surface area contributed by atoms with Crippen LogP contribution in [-0.4, -0.2) is 41.7 Å². The van der Waals surface area contributed by atoms with E-state index in [4.69, 9.17) is 0 Å². The van der Waals surface area contributed by atoms with Gasteiger partial charge < -0.3 is 15.3 Å². The maximum atomic E-state index is 13.3. The third kappa shape index (κ3) is 4.87. The fraction of sp³-hybridized carbons (Fsp3) is 0.667. The minimum atomic E-state index is -4.39. The van der Waals surface area contributed by atoms with Crippen LogP contribution >= 0.6 is 0 Å². The van der Waals surface area contributed by atoms with Gasteiger partial charge in [-0.2, -0.15) is 13.2 Å². The molecule has 0 saturated heterocycles. The molecule has 28 heavy (non-hydrogen) atoms. The molecule has 1 aromatic rings. The number of aliphatic hydroxyl groups excluding tert-OH is 1. The molecule has 7 heteroatoms. The van der Waals surface area contributed by atoms with E-state index in [0.717, 1.165) is 43.7 Å². The van der Waals surface area contributed by atoms with Crippen LogP contribution in [0.25, 0.3) is 0 Å². The van der Waals surface area contributed by atoms with E-state index in [-0.39, 0.29) is 24.4 Å². The van der Waals surface area contributed by atoms with Gasteiger partial charge in [-0.15, -0.1) is 0 Å². The van der Waals surface area contributed by atoms with Crippen LogP contribution in [0.1, 0.15) is 61.8 Å². The summed E-state index contributed by atoms with van der Waals surface area (Å²) in [4.78, 5) is 14.7. The van der Waals surface area contributed by atoms with Gasteiger partial charge >= 0.3 is 6.18 Å². The number of hydrogen-bond donors (Lipinski definition) is 2. The van der Waals surface area contributed by atoms with E-state index < -0.39 is 17.8 Å². The summed E-state index contributed by atoms with van der Waals surface area (Å²) in [7, 11) is 0. The molecule has 2 N–H and O–H groups in total. The van der Waals surface area contributed by atoms with Gasteiger partial charge in [-0.1, -0.05) is 25.3 Å². The zero-order chi connectivity index (χ0) is 20.3. The first kappa shape index (κ1) is 21.1. The summed E-state index contributed by atoms with van der Waals surface area (Å²) >= 11 is 0. The van der Waals surface area contributed by atoms with Crippen LogP contribution in [-0.2, 0) is 17.4 Å². The number of benzene rings is 1. The largest absolute Gasteiger partial charge is 0.416 e. The van der Waals surface area contributed by atoms with Crippen molar-refractivity contribution in [2.75, 3.05) is 19.6 Å². The second kappa shape index (κ2) is 8.82. The Labute approximate surface area is 164 Å². The van der Waals surface area contributed by atoms with Crippen LogP contribution in [0, 0.1) is 5.92 Å². The van der Waals surface area contributed by atoms with Crippen LogP contribution in [0.4, 0.5) is 13.2 Å². The third-order valence-electron chi connectivity index (χ3n) is 5.88. The number of amides is 1. The summed E-state index contributed by atoms with van der Waals surface area (Å²) in [5, 5.41) is 12.3. The average Bonchev–Trinajstić information content (AvgIpc) is 2.66. The van der Waals surface area contributed by atoms with E-state index >= 15 is 0 Å². The van der Waals surface area contributed by atoms with Crippen molar-refractivity contribution in [1.82, 2.24) is 10.2 Å². The highest BCUT2D eigenvalue weighted by Gasteiger charge is 2.39. The number of carbonyl (C=O) groups excluding carboxylic acids is 1. The second-order valence-electron chi connectivity index (χ2n) is 8.07. The summed E-state index contributed by atoms with van der Waals surface area (Å²) in [6.07, 6.45) is 0.739. The number of nitrogens with one attached hydrogen (secondary N) is 1. The first-order chi connectivity index (χ1) is 13.3. The van der Waals surface area contributed by atoms with E-state index in [9.17, 15) is 23.1 Å². The Balaban J connectivity index is 1.90. The van der Waals surface area contributed by atoms with Crippen LogP contribution < -0.4 is 5.32 Å². The van der Waals surface area contributed by atoms with Crippen molar-refractivity contribution in [3.63, 3.8) is 0 Å². The highest BCUT2D eigenvalue weighted by Crippen LogP contribution is 2.43. The molecular formula is C21H29F3N2O2. The standard InChI is InChI=1S/C21H29F3N2O2/c1-14(27)12-25-13-19(28)26-10-9-15-7-8-17(21(22,23)24)11-18(15)20(26)16-5-3-2-4-6-16/h7-8,11,14,16,20,25,27H,2-6,9-10,12-13H2,1H3. The maximum Gasteiger partial charge on any atom is 0.416 e. The monoisotopic (exact) mass is 398 g/mol. The zero-order valence-electron chi connectivity index (χ0n) is 16.3. The molecule has 1 aromatic carbocycles. The number of nitrogens with zero attached hydrogens (tertiary/aromatic N) is 1. The lowest BCUT2D eigenvalue weighted by Crippen LogP contribution is -2.47. The summed E-state index contributed by atoms with van der Waals surface area (Å²) in [5.41, 5.74) is 0.940. The molecular weight excluding hydrogens is 369 g/mol. The quantitative estimate of drug-likeness (QED) is 0.796. The Bertz CT molecular complexity index is 685. The van der Waals surface area contributed by atoms with Crippen LogP contribution in [0.3, 0.4) is 0 Å². The normalized spacial score (nSPS) is 22.0. The molecule has 4 nitrogen and oxygen atoms in total. The van der Waals surface area contributed by atoms with E-state index in [1.54, 1.807) is 17.9 Å². The number of carbonyl (C=O) groups is 1. The second-order valence-corrected chi connectivity index (χ2v) is 8.07. The smallest absolute Gasteiger partial charge is 0.392 e. The lowest BCUT2D eigenvalue weighted by molar-refractivity contribution is -0.137. The van der Waals surface area contributed by atoms with Crippen molar-refractivity contribution in [2.45, 2.75) is 63.8 Å². The molecule has 2 aliphatic rings. The Morgan fingerprint density at radius 1 is 1.29 bits per heavy atom. The van der Waals surface area contributed by atoms with Crippen molar-refractivity contribution in [3.05, 3.63) is 34.9 Å². The first-order valence-electron chi connectivity index (χ1n) is 10.2. The van der Waals surface area contributed by atoms with E-state index in [0.29, 0.717) is 25.1 Å². The zero-order valence-corrected chi connectivity index (χ0v) is 16.3. The SMILES string of the molecule is CC(O)CNCC(=O)N1CCc2ccc(C(F)(F)F)cc2C1C1CCCCC1. The van der Waals surface area contributed by atoms with Gasteiger partial charge in [-0.25, -0.2) is 0 Å². The van der Waals surface area contributed by atoms with Gasteiger partial charge in [0.25, 0.3) is 0 Å². The minimum absolute atomic E-state index is 0.0857. The van der Waals surface area contributed by atoms with Gasteiger partial charge in [0.2, 0.25) is 5.91 Å². The molecule has 1 saturated carbocycles. The molecule has 0 radical (unpaired) electrons. The van der Waals surface area contributed by atoms with Gasteiger partial charge in [0.05, 0.1) is 24.3 Å². The lowest BCUT2D eigenvalue weighted by atomic mass is 9.76. The molecule has 0 spiro atoms. The summed E-state index contributed by atoms with van der Waals surface area (Å²) in [6.45, 7) is 2.55. The first-order valence-corrected chi connectivity index (χ1v) is 10.2. The third-order valence-corrected chi connectivity index (χ3v) is 5.88. The summed E-state index contributed by atoms with van der Waals surface area (Å²) in [6, 6.07) is 3.70. The van der Waals surface area contributed by atoms with Crippen molar-refractivity contribution in [3.8, 4) is 0 Å². The Hall–Kier alpha value is -1.60. The Morgan fingerprint density at radius 3 is 2.64 bits per heavy atom. The molecule has 1 fully saturated rings. The topological polar surface area (TPSA) is 52.6 Å². The number of hydrogen-bond acceptors (Lipinski definition) is 3. The van der Waals surface area contributed by atoms with Gasteiger partial charge in [-0.05, 0) is 55.4 Å². The Morgan fingerprint density at radius 2 is 2.00 bits per heavy atom. The molecule has 2 unspecified atom stereocenters. The number of alkyl halides is 3. The summed E-state index contributed by atoms with van der Waals surface area (Å²) in [5.74, 6) is 0.0799. The van der Waals surface area contributed by atoms with Crippen molar-refractivity contribution in [1.29, 1.82) is 0 Å². The lowest BCUT2D eigenvalue weighted by Gasteiger charge is -2.43. The molecule has 1 amide bonds. The van der Waals surface area contributed by atoms with Crippen LogP contribution in [0.5, 0.6) is 0 Å². The fourth-order valence-corrected chi connectivity index (χ4v) is 4.55. The fourth-order valence-electron chi connectivity index (χ4n) is 4.55. The highest BCUT2D eigenvalue weighted by molar-refractivity contribution is 5.79. The highest BCUT2D eigenvalue weighted by atomic mass is 19.4. The molecule has 156 valence electrons.